The van der Waals surface area contributed by atoms with Gasteiger partial charge in [0.2, 0.25) is 0 Å². The second kappa shape index (κ2) is 8.22. The number of amides is 1. The van der Waals surface area contributed by atoms with E-state index in [-0.39, 0.29) is 11.6 Å². The second-order valence-corrected chi connectivity index (χ2v) is 7.13. The molecule has 0 aromatic heterocycles. The number of halogens is 3. The van der Waals surface area contributed by atoms with Crippen LogP contribution in [0.15, 0.2) is 48.5 Å². The van der Waals surface area contributed by atoms with E-state index in [0.717, 1.165) is 55.9 Å². The van der Waals surface area contributed by atoms with E-state index in [1.54, 1.807) is 0 Å². The summed E-state index contributed by atoms with van der Waals surface area (Å²) in [6, 6.07) is 12.2. The zero-order valence-corrected chi connectivity index (χ0v) is 15.5. The molecule has 7 heteroatoms. The van der Waals surface area contributed by atoms with Gasteiger partial charge in [-0.1, -0.05) is 24.3 Å². The molecule has 1 aliphatic heterocycles. The van der Waals surface area contributed by atoms with E-state index in [1.807, 2.05) is 19.1 Å². The van der Waals surface area contributed by atoms with Gasteiger partial charge in [-0.05, 0) is 55.2 Å². The topological polar surface area (TPSA) is 52.6 Å². The molecule has 1 heterocycles. The summed E-state index contributed by atoms with van der Waals surface area (Å²) in [7, 11) is 0. The summed E-state index contributed by atoms with van der Waals surface area (Å²) in [5, 5.41) is 13.0. The Bertz CT molecular complexity index is 813. The fraction of sp³-hybridized carbons (Fsp3) is 0.381. The van der Waals surface area contributed by atoms with Crippen LogP contribution in [0, 0.1) is 6.92 Å². The van der Waals surface area contributed by atoms with Gasteiger partial charge in [-0.15, -0.1) is 0 Å². The van der Waals surface area contributed by atoms with Crippen molar-refractivity contribution in [1.29, 1.82) is 0 Å². The second-order valence-electron chi connectivity index (χ2n) is 7.13. The molecule has 2 aromatic rings. The van der Waals surface area contributed by atoms with E-state index >= 15 is 0 Å². The van der Waals surface area contributed by atoms with Gasteiger partial charge in [-0.3, -0.25) is 4.79 Å². The zero-order chi connectivity index (χ0) is 20.3. The largest absolute Gasteiger partial charge is 0.416 e. The zero-order valence-electron chi connectivity index (χ0n) is 15.5. The molecular formula is C21H23F3N2O2. The van der Waals surface area contributed by atoms with E-state index in [4.69, 9.17) is 0 Å². The maximum atomic E-state index is 12.6. The fourth-order valence-corrected chi connectivity index (χ4v) is 3.39. The van der Waals surface area contributed by atoms with Crippen LogP contribution in [0.4, 0.5) is 18.9 Å². The molecule has 1 unspecified atom stereocenters. The molecule has 28 heavy (non-hydrogen) atoms. The minimum Gasteiger partial charge on any atom is -0.378 e. The lowest BCUT2D eigenvalue weighted by Crippen LogP contribution is -2.46. The van der Waals surface area contributed by atoms with E-state index in [9.17, 15) is 23.1 Å². The molecule has 4 nitrogen and oxygen atoms in total. The lowest BCUT2D eigenvalue weighted by molar-refractivity contribution is -0.137. The number of carbonyl (C=O) groups is 1. The summed E-state index contributed by atoms with van der Waals surface area (Å²) < 4.78 is 37.9. The average Bonchev–Trinajstić information content (AvgIpc) is 2.67. The first-order chi connectivity index (χ1) is 13.2. The molecule has 150 valence electrons. The summed E-state index contributed by atoms with van der Waals surface area (Å²) in [4.78, 5) is 14.5. The maximum Gasteiger partial charge on any atom is 0.416 e. The van der Waals surface area contributed by atoms with Gasteiger partial charge in [-0.2, -0.15) is 13.2 Å². The number of anilines is 1. The molecule has 2 aromatic carbocycles. The molecular weight excluding hydrogens is 369 g/mol. The maximum absolute atomic E-state index is 12.6. The lowest BCUT2D eigenvalue weighted by Gasteiger charge is -2.34. The van der Waals surface area contributed by atoms with Gasteiger partial charge in [-0.25, -0.2) is 0 Å². The van der Waals surface area contributed by atoms with E-state index in [1.165, 1.54) is 5.56 Å². The van der Waals surface area contributed by atoms with Crippen LogP contribution in [0.25, 0.3) is 0 Å². The van der Waals surface area contributed by atoms with Crippen LogP contribution in [-0.2, 0) is 11.0 Å². The molecule has 1 fully saturated rings. The Labute approximate surface area is 162 Å². The van der Waals surface area contributed by atoms with E-state index in [2.05, 4.69) is 22.3 Å². The Balaban J connectivity index is 1.54. The van der Waals surface area contributed by atoms with E-state index in [0.29, 0.717) is 0 Å². The molecule has 3 rings (SSSR count). The summed E-state index contributed by atoms with van der Waals surface area (Å²) in [6.45, 7) is 3.61. The summed E-state index contributed by atoms with van der Waals surface area (Å²) in [6.07, 6.45) is -4.47. The highest BCUT2D eigenvalue weighted by molar-refractivity contribution is 5.82. The Morgan fingerprint density at radius 2 is 1.79 bits per heavy atom. The van der Waals surface area contributed by atoms with Crippen LogP contribution < -0.4 is 10.2 Å². The number of hydrogen-bond acceptors (Lipinski definition) is 3. The van der Waals surface area contributed by atoms with Crippen molar-refractivity contribution in [3.05, 3.63) is 65.2 Å². The highest BCUT2D eigenvalue weighted by Crippen LogP contribution is 2.30. The van der Waals surface area contributed by atoms with Crippen LogP contribution in [0.2, 0.25) is 0 Å². The standard InChI is InChI=1S/C21H23F3N2O2/c1-14-3-2-4-18(13-14)26-11-9-17(10-12-26)25-20(28)19(27)15-5-7-16(8-6-15)21(22,23)24/h2-8,13,17,19,27H,9-12H2,1H3,(H,25,28). The first-order valence-electron chi connectivity index (χ1n) is 9.21. The van der Waals surface area contributed by atoms with Crippen LogP contribution in [-0.4, -0.2) is 30.1 Å². The number of rotatable bonds is 4. The third-order valence-corrected chi connectivity index (χ3v) is 5.01. The summed E-state index contributed by atoms with van der Waals surface area (Å²) >= 11 is 0. The van der Waals surface area contributed by atoms with Crippen LogP contribution in [0.3, 0.4) is 0 Å². The number of nitrogens with one attached hydrogen (secondary N) is 1. The number of nitrogens with zero attached hydrogens (tertiary/aromatic N) is 1. The number of aliphatic hydroxyl groups is 1. The molecule has 1 saturated heterocycles. The van der Waals surface area contributed by atoms with Crippen molar-refractivity contribution in [2.45, 2.75) is 38.1 Å². The van der Waals surface area contributed by atoms with Gasteiger partial charge in [0.25, 0.3) is 5.91 Å². The molecule has 1 atom stereocenters. The molecule has 0 saturated carbocycles. The molecule has 0 radical (unpaired) electrons. The molecule has 0 spiro atoms. The molecule has 2 N–H and O–H groups in total. The summed E-state index contributed by atoms with van der Waals surface area (Å²) in [5.74, 6) is -0.589. The number of piperidine rings is 1. The number of carbonyl (C=O) groups excluding carboxylic acids is 1. The molecule has 0 bridgehead atoms. The molecule has 0 aliphatic carbocycles. The predicted octanol–water partition coefficient (Wildman–Crippen LogP) is 3.83. The van der Waals surface area contributed by atoms with E-state index < -0.39 is 23.8 Å². The van der Waals surface area contributed by atoms with Gasteiger partial charge in [0.05, 0.1) is 5.56 Å². The third kappa shape index (κ3) is 4.84. The van der Waals surface area contributed by atoms with Gasteiger partial charge in [0.1, 0.15) is 0 Å². The Hall–Kier alpha value is -2.54. The highest BCUT2D eigenvalue weighted by Gasteiger charge is 2.31. The van der Waals surface area contributed by atoms with Crippen LogP contribution in [0.1, 0.15) is 35.6 Å². The SMILES string of the molecule is Cc1cccc(N2CCC(NC(=O)C(O)c3ccc(C(F)(F)F)cc3)CC2)c1. The van der Waals surface area contributed by atoms with Crippen LogP contribution >= 0.6 is 0 Å². The normalized spacial score (nSPS) is 16.7. The van der Waals surface area contributed by atoms with Crippen molar-refractivity contribution in [2.24, 2.45) is 0 Å². The lowest BCUT2D eigenvalue weighted by atomic mass is 10.0. The highest BCUT2D eigenvalue weighted by atomic mass is 19.4. The smallest absolute Gasteiger partial charge is 0.378 e. The van der Waals surface area contributed by atoms with Gasteiger partial charge in [0.15, 0.2) is 6.10 Å². The minimum atomic E-state index is -4.45. The van der Waals surface area contributed by atoms with Crippen molar-refractivity contribution in [2.75, 3.05) is 18.0 Å². The first kappa shape index (κ1) is 20.2. The number of aliphatic hydroxyl groups excluding tert-OH is 1. The number of hydrogen-bond donors (Lipinski definition) is 2. The van der Waals surface area contributed by atoms with Gasteiger partial charge < -0.3 is 15.3 Å². The number of aryl methyl sites for hydroxylation is 1. The predicted molar refractivity (Wildman–Crippen MR) is 101 cm³/mol. The molecule has 1 aliphatic rings. The van der Waals surface area contributed by atoms with Crippen molar-refractivity contribution in [1.82, 2.24) is 5.32 Å². The first-order valence-corrected chi connectivity index (χ1v) is 9.21. The quantitative estimate of drug-likeness (QED) is 0.832. The Kier molecular flexibility index (Phi) is 5.93. The van der Waals surface area contributed by atoms with Gasteiger partial charge in [0, 0.05) is 24.8 Å². The number of alkyl halides is 3. The number of benzene rings is 2. The average molecular weight is 392 g/mol. The van der Waals surface area contributed by atoms with Gasteiger partial charge >= 0.3 is 6.18 Å². The van der Waals surface area contributed by atoms with Crippen molar-refractivity contribution in [3.63, 3.8) is 0 Å². The van der Waals surface area contributed by atoms with Crippen molar-refractivity contribution in [3.8, 4) is 0 Å². The monoisotopic (exact) mass is 392 g/mol. The third-order valence-electron chi connectivity index (χ3n) is 5.01. The Morgan fingerprint density at radius 3 is 2.36 bits per heavy atom. The van der Waals surface area contributed by atoms with Crippen molar-refractivity contribution < 1.29 is 23.1 Å². The fourth-order valence-electron chi connectivity index (χ4n) is 3.39. The summed E-state index contributed by atoms with van der Waals surface area (Å²) in [5.41, 5.74) is 1.66. The van der Waals surface area contributed by atoms with Crippen molar-refractivity contribution >= 4 is 11.6 Å². The molecule has 1 amide bonds. The minimum absolute atomic E-state index is 0.0716. The Morgan fingerprint density at radius 1 is 1.14 bits per heavy atom. The van der Waals surface area contributed by atoms with Crippen LogP contribution in [0.5, 0.6) is 0 Å².